The summed E-state index contributed by atoms with van der Waals surface area (Å²) < 4.78 is 0. The van der Waals surface area contributed by atoms with Crippen molar-refractivity contribution in [2.75, 3.05) is 6.54 Å². The molecule has 0 aromatic carbocycles. The summed E-state index contributed by atoms with van der Waals surface area (Å²) in [6, 6.07) is 0.871. The smallest absolute Gasteiger partial charge is 0.242 e. The van der Waals surface area contributed by atoms with Gasteiger partial charge in [-0.1, -0.05) is 33.1 Å². The summed E-state index contributed by atoms with van der Waals surface area (Å²) in [5.74, 6) is 0.114. The number of hydrogen-bond acceptors (Lipinski definition) is 2. The van der Waals surface area contributed by atoms with Gasteiger partial charge in [-0.2, -0.15) is 0 Å². The Morgan fingerprint density at radius 2 is 1.70 bits per heavy atom. The number of amides is 2. The maximum absolute atomic E-state index is 12.5. The molecule has 2 aliphatic carbocycles. The Bertz CT molecular complexity index is 346. The van der Waals surface area contributed by atoms with Crippen LogP contribution in [0.25, 0.3) is 0 Å². The molecule has 0 radical (unpaired) electrons. The Morgan fingerprint density at radius 3 is 2.25 bits per heavy atom. The van der Waals surface area contributed by atoms with Crippen molar-refractivity contribution < 1.29 is 9.59 Å². The topological polar surface area (TPSA) is 49.4 Å². The van der Waals surface area contributed by atoms with Crippen LogP contribution in [0.2, 0.25) is 0 Å². The quantitative estimate of drug-likeness (QED) is 0.812. The molecule has 0 spiro atoms. The molecule has 2 amide bonds. The van der Waals surface area contributed by atoms with Crippen molar-refractivity contribution in [1.29, 1.82) is 0 Å². The van der Waals surface area contributed by atoms with Gasteiger partial charge in [-0.05, 0) is 32.1 Å². The minimum absolute atomic E-state index is 0.000223. The van der Waals surface area contributed by atoms with Crippen molar-refractivity contribution >= 4 is 11.8 Å². The molecule has 0 aliphatic heterocycles. The summed E-state index contributed by atoms with van der Waals surface area (Å²) >= 11 is 0. The van der Waals surface area contributed by atoms with Crippen LogP contribution in [0, 0.1) is 5.92 Å². The van der Waals surface area contributed by atoms with Gasteiger partial charge in [0.05, 0.1) is 6.54 Å². The summed E-state index contributed by atoms with van der Waals surface area (Å²) in [5, 5.41) is 2.81. The van der Waals surface area contributed by atoms with E-state index in [-0.39, 0.29) is 24.3 Å². The van der Waals surface area contributed by atoms with Crippen LogP contribution in [0.1, 0.15) is 65.2 Å². The van der Waals surface area contributed by atoms with E-state index in [1.54, 1.807) is 0 Å². The van der Waals surface area contributed by atoms with Crippen LogP contribution in [0.4, 0.5) is 0 Å². The summed E-state index contributed by atoms with van der Waals surface area (Å²) in [7, 11) is 0. The third kappa shape index (κ3) is 3.97. The molecule has 0 saturated heterocycles. The predicted octanol–water partition coefficient (Wildman–Crippen LogP) is 2.47. The van der Waals surface area contributed by atoms with Crippen LogP contribution in [-0.4, -0.2) is 35.3 Å². The molecule has 2 fully saturated rings. The first kappa shape index (κ1) is 15.3. The highest BCUT2D eigenvalue weighted by atomic mass is 16.2. The van der Waals surface area contributed by atoms with Gasteiger partial charge in [0, 0.05) is 18.0 Å². The van der Waals surface area contributed by atoms with E-state index in [2.05, 4.69) is 10.2 Å². The first-order chi connectivity index (χ1) is 9.63. The minimum atomic E-state index is -0.00754. The molecule has 4 heteroatoms. The van der Waals surface area contributed by atoms with E-state index in [1.165, 1.54) is 19.3 Å². The monoisotopic (exact) mass is 280 g/mol. The third-order valence-corrected chi connectivity index (χ3v) is 4.67. The number of rotatable bonds is 6. The number of carbonyl (C=O) groups is 2. The minimum Gasteiger partial charge on any atom is -0.347 e. The largest absolute Gasteiger partial charge is 0.347 e. The van der Waals surface area contributed by atoms with E-state index in [1.807, 2.05) is 13.8 Å². The number of carbonyl (C=O) groups excluding carboxylic acids is 2. The van der Waals surface area contributed by atoms with E-state index < -0.39 is 0 Å². The predicted molar refractivity (Wildman–Crippen MR) is 79.2 cm³/mol. The molecular formula is C16H28N2O2. The second-order valence-corrected chi connectivity index (χ2v) is 6.35. The number of nitrogens with zero attached hydrogens (tertiary/aromatic N) is 1. The number of hydrogen-bond donors (Lipinski definition) is 1. The van der Waals surface area contributed by atoms with Gasteiger partial charge in [0.2, 0.25) is 11.8 Å². The van der Waals surface area contributed by atoms with Crippen LogP contribution in [0.15, 0.2) is 0 Å². The highest BCUT2D eigenvalue weighted by Crippen LogP contribution is 2.33. The standard InChI is InChI=1S/C16H28N2O2/c1-3-12(2)16(20)17-11-15(19)18(14-9-10-14)13-7-5-4-6-8-13/h12-14H,3-11H2,1-2H3,(H,17,20). The molecule has 2 aliphatic rings. The fraction of sp³-hybridized carbons (Fsp3) is 0.875. The molecule has 1 atom stereocenters. The SMILES string of the molecule is CCC(C)C(=O)NCC(=O)N(C1CCCCC1)C1CC1. The van der Waals surface area contributed by atoms with Crippen LogP contribution in [0.5, 0.6) is 0 Å². The maximum atomic E-state index is 12.5. The highest BCUT2D eigenvalue weighted by Gasteiger charge is 2.37. The van der Waals surface area contributed by atoms with Gasteiger partial charge >= 0.3 is 0 Å². The van der Waals surface area contributed by atoms with E-state index in [9.17, 15) is 9.59 Å². The van der Waals surface area contributed by atoms with Crippen LogP contribution < -0.4 is 5.32 Å². The van der Waals surface area contributed by atoms with Crippen molar-refractivity contribution in [3.8, 4) is 0 Å². The lowest BCUT2D eigenvalue weighted by Gasteiger charge is -2.34. The van der Waals surface area contributed by atoms with Gasteiger partial charge < -0.3 is 10.2 Å². The van der Waals surface area contributed by atoms with Crippen molar-refractivity contribution in [1.82, 2.24) is 10.2 Å². The lowest BCUT2D eigenvalue weighted by Crippen LogP contribution is -2.48. The van der Waals surface area contributed by atoms with Gasteiger partial charge in [-0.15, -0.1) is 0 Å². The molecule has 4 nitrogen and oxygen atoms in total. The van der Waals surface area contributed by atoms with Crippen LogP contribution >= 0.6 is 0 Å². The zero-order valence-electron chi connectivity index (χ0n) is 12.9. The van der Waals surface area contributed by atoms with Gasteiger partial charge in [0.1, 0.15) is 0 Å². The molecule has 0 bridgehead atoms. The maximum Gasteiger partial charge on any atom is 0.242 e. The van der Waals surface area contributed by atoms with Gasteiger partial charge in [0.15, 0.2) is 0 Å². The molecule has 114 valence electrons. The Labute approximate surface area is 122 Å². The first-order valence-corrected chi connectivity index (χ1v) is 8.22. The molecule has 2 rings (SSSR count). The molecule has 2 saturated carbocycles. The second-order valence-electron chi connectivity index (χ2n) is 6.35. The van der Waals surface area contributed by atoms with Crippen molar-refractivity contribution in [3.63, 3.8) is 0 Å². The zero-order valence-corrected chi connectivity index (χ0v) is 12.9. The average molecular weight is 280 g/mol. The molecular weight excluding hydrogens is 252 g/mol. The Hall–Kier alpha value is -1.06. The van der Waals surface area contributed by atoms with E-state index in [4.69, 9.17) is 0 Å². The van der Waals surface area contributed by atoms with Crippen LogP contribution in [-0.2, 0) is 9.59 Å². The molecule has 1 unspecified atom stereocenters. The fourth-order valence-corrected chi connectivity index (χ4v) is 3.03. The van der Waals surface area contributed by atoms with Crippen LogP contribution in [0.3, 0.4) is 0 Å². The third-order valence-electron chi connectivity index (χ3n) is 4.67. The van der Waals surface area contributed by atoms with Crippen molar-refractivity contribution in [2.45, 2.75) is 77.3 Å². The second kappa shape index (κ2) is 7.09. The molecule has 0 aromatic rings. The molecule has 0 aromatic heterocycles. The van der Waals surface area contributed by atoms with E-state index >= 15 is 0 Å². The lowest BCUT2D eigenvalue weighted by atomic mass is 9.94. The summed E-state index contributed by atoms with van der Waals surface area (Å²) in [4.78, 5) is 26.3. The highest BCUT2D eigenvalue weighted by molar-refractivity contribution is 5.86. The van der Waals surface area contributed by atoms with Gasteiger partial charge in [-0.3, -0.25) is 9.59 Å². The van der Waals surface area contributed by atoms with E-state index in [0.717, 1.165) is 32.1 Å². The fourth-order valence-electron chi connectivity index (χ4n) is 3.03. The van der Waals surface area contributed by atoms with E-state index in [0.29, 0.717) is 12.1 Å². The molecule has 0 heterocycles. The van der Waals surface area contributed by atoms with Crippen molar-refractivity contribution in [3.05, 3.63) is 0 Å². The average Bonchev–Trinajstić information content (AvgIpc) is 3.30. The summed E-state index contributed by atoms with van der Waals surface area (Å²) in [6.45, 7) is 4.07. The first-order valence-electron chi connectivity index (χ1n) is 8.22. The normalized spacial score (nSPS) is 21.3. The Morgan fingerprint density at radius 1 is 1.10 bits per heavy atom. The van der Waals surface area contributed by atoms with Gasteiger partial charge in [-0.25, -0.2) is 0 Å². The summed E-state index contributed by atoms with van der Waals surface area (Å²) in [5.41, 5.74) is 0. The lowest BCUT2D eigenvalue weighted by molar-refractivity contribution is -0.136. The van der Waals surface area contributed by atoms with Crippen molar-refractivity contribution in [2.24, 2.45) is 5.92 Å². The number of nitrogens with one attached hydrogen (secondary N) is 1. The van der Waals surface area contributed by atoms with Gasteiger partial charge in [0.25, 0.3) is 0 Å². The molecule has 20 heavy (non-hydrogen) atoms. The zero-order chi connectivity index (χ0) is 14.5. The molecule has 1 N–H and O–H groups in total. The Balaban J connectivity index is 1.85. The summed E-state index contributed by atoms with van der Waals surface area (Å²) in [6.07, 6.45) is 9.15. The Kier molecular flexibility index (Phi) is 5.44.